The van der Waals surface area contributed by atoms with Gasteiger partial charge in [-0.25, -0.2) is 0 Å². The second-order valence-electron chi connectivity index (χ2n) is 7.37. The lowest BCUT2D eigenvalue weighted by Gasteiger charge is -2.19. The van der Waals surface area contributed by atoms with E-state index >= 15 is 0 Å². The van der Waals surface area contributed by atoms with Crippen LogP contribution in [0.15, 0.2) is 42.6 Å². The molecule has 1 aromatic heterocycles. The van der Waals surface area contributed by atoms with Crippen LogP contribution >= 0.6 is 0 Å². The molecule has 0 aliphatic carbocycles. The number of pyridine rings is 1. The van der Waals surface area contributed by atoms with Crippen LogP contribution in [-0.2, 0) is 27.3 Å². The number of ether oxygens (including phenoxy) is 2. The van der Waals surface area contributed by atoms with Crippen molar-refractivity contribution < 1.29 is 29.0 Å². The maximum absolute atomic E-state index is 12.6. The minimum absolute atomic E-state index is 0.0489. The Kier molecular flexibility index (Phi) is 7.11. The summed E-state index contributed by atoms with van der Waals surface area (Å²) < 4.78 is 11.6. The van der Waals surface area contributed by atoms with Crippen LogP contribution in [0.4, 0.5) is 5.82 Å². The van der Waals surface area contributed by atoms with Gasteiger partial charge in [-0.3, -0.25) is 14.9 Å². The van der Waals surface area contributed by atoms with Crippen molar-refractivity contribution in [3.63, 3.8) is 0 Å². The fourth-order valence-electron chi connectivity index (χ4n) is 3.53. The zero-order valence-corrected chi connectivity index (χ0v) is 17.3. The summed E-state index contributed by atoms with van der Waals surface area (Å²) in [5, 5.41) is 12.8. The molecule has 0 fully saturated rings. The van der Waals surface area contributed by atoms with Crippen molar-refractivity contribution in [3.8, 4) is 5.75 Å². The molecule has 30 heavy (non-hydrogen) atoms. The topological polar surface area (TPSA) is 92.0 Å². The fraction of sp³-hybridized carbons (Fsp3) is 0.409. The molecular weight excluding hydrogens is 386 g/mol. The smallest absolute Gasteiger partial charge is 0.313 e. The van der Waals surface area contributed by atoms with E-state index in [0.717, 1.165) is 28.0 Å². The fourth-order valence-corrected chi connectivity index (χ4v) is 3.53. The second kappa shape index (κ2) is 9.96. The second-order valence-corrected chi connectivity index (χ2v) is 7.37. The van der Waals surface area contributed by atoms with E-state index in [1.807, 2.05) is 24.3 Å². The summed E-state index contributed by atoms with van der Waals surface area (Å²) in [7, 11) is 3.08. The number of carbonyl (C=O) groups is 2. The summed E-state index contributed by atoms with van der Waals surface area (Å²) in [6.45, 7) is 1.65. The Morgan fingerprint density at radius 1 is 1.30 bits per heavy atom. The first-order valence-electron chi connectivity index (χ1n) is 9.98. The zero-order chi connectivity index (χ0) is 21.5. The van der Waals surface area contributed by atoms with Crippen LogP contribution in [0, 0.1) is 5.92 Å². The first kappa shape index (κ1) is 21.4. The Morgan fingerprint density at radius 2 is 2.13 bits per heavy atom. The minimum atomic E-state index is -0.409. The van der Waals surface area contributed by atoms with Gasteiger partial charge in [0.15, 0.2) is 0 Å². The van der Waals surface area contributed by atoms with Crippen LogP contribution in [0.25, 0.3) is 0 Å². The van der Waals surface area contributed by atoms with Gasteiger partial charge in [-0.2, -0.15) is 0 Å². The first-order valence-corrected chi connectivity index (χ1v) is 9.98. The van der Waals surface area contributed by atoms with Gasteiger partial charge in [-0.15, -0.1) is 0 Å². The molecule has 2 aromatic rings. The molecule has 8 heteroatoms. The Morgan fingerprint density at radius 3 is 2.90 bits per heavy atom. The summed E-state index contributed by atoms with van der Waals surface area (Å²) in [4.78, 5) is 25.9. The lowest BCUT2D eigenvalue weighted by Crippen LogP contribution is -2.33. The highest BCUT2D eigenvalue weighted by Crippen LogP contribution is 2.27. The van der Waals surface area contributed by atoms with Crippen molar-refractivity contribution in [2.45, 2.75) is 25.8 Å². The maximum Gasteiger partial charge on any atom is 0.313 e. The van der Waals surface area contributed by atoms with Gasteiger partial charge in [0.2, 0.25) is 5.91 Å². The van der Waals surface area contributed by atoms with Crippen molar-refractivity contribution in [1.29, 1.82) is 0 Å². The number of nitrogens with one attached hydrogen (secondary N) is 1. The van der Waals surface area contributed by atoms with E-state index in [1.54, 1.807) is 30.3 Å². The van der Waals surface area contributed by atoms with Crippen LogP contribution in [0.1, 0.15) is 24.0 Å². The van der Waals surface area contributed by atoms with Gasteiger partial charge in [-0.1, -0.05) is 16.9 Å². The van der Waals surface area contributed by atoms with Crippen molar-refractivity contribution in [2.75, 3.05) is 32.6 Å². The summed E-state index contributed by atoms with van der Waals surface area (Å²) in [5.74, 6) is 0.539. The normalized spacial score (nSPS) is 15.9. The number of amides is 1. The van der Waals surface area contributed by atoms with E-state index in [2.05, 4.69) is 5.32 Å². The van der Waals surface area contributed by atoms with Crippen LogP contribution in [-0.4, -0.2) is 49.3 Å². The number of anilines is 1. The number of methoxy groups -OCH3 is 1. The van der Waals surface area contributed by atoms with Gasteiger partial charge in [0, 0.05) is 26.1 Å². The van der Waals surface area contributed by atoms with Crippen LogP contribution < -0.4 is 14.8 Å². The third kappa shape index (κ3) is 5.40. The lowest BCUT2D eigenvalue weighted by molar-refractivity contribution is -0.893. The third-order valence-corrected chi connectivity index (χ3v) is 5.15. The molecule has 0 bridgehead atoms. The summed E-state index contributed by atoms with van der Waals surface area (Å²) in [5.41, 5.74) is 2.08. The van der Waals surface area contributed by atoms with Crippen LogP contribution in [0.2, 0.25) is 0 Å². The SMILES string of the molecule is COC(=O)CC1Cc2ccc(OCCCNc3cccc[n+]3O)cc2CN(C)C1=O. The number of fused-ring (bicyclic) bond motifs is 1. The Labute approximate surface area is 176 Å². The molecule has 1 aromatic carbocycles. The van der Waals surface area contributed by atoms with E-state index < -0.39 is 5.92 Å². The van der Waals surface area contributed by atoms with E-state index in [9.17, 15) is 14.8 Å². The highest BCUT2D eigenvalue weighted by Gasteiger charge is 2.29. The van der Waals surface area contributed by atoms with Gasteiger partial charge in [0.1, 0.15) is 11.9 Å². The molecule has 1 aliphatic heterocycles. The number of carbonyl (C=O) groups excluding carboxylic acids is 2. The molecular formula is C22H28N3O5+. The summed E-state index contributed by atoms with van der Waals surface area (Å²) in [6.07, 6.45) is 2.91. The molecule has 0 saturated heterocycles. The van der Waals surface area contributed by atoms with Gasteiger partial charge in [0.05, 0.1) is 32.6 Å². The van der Waals surface area contributed by atoms with Gasteiger partial charge in [0.25, 0.3) is 0 Å². The van der Waals surface area contributed by atoms with E-state index in [0.29, 0.717) is 31.9 Å². The molecule has 1 amide bonds. The number of hydrogen-bond acceptors (Lipinski definition) is 6. The Hall–Kier alpha value is -3.29. The van der Waals surface area contributed by atoms with E-state index in [-0.39, 0.29) is 18.3 Å². The van der Waals surface area contributed by atoms with Crippen LogP contribution in [0.3, 0.4) is 0 Å². The molecule has 8 nitrogen and oxygen atoms in total. The van der Waals surface area contributed by atoms with Gasteiger partial charge >= 0.3 is 11.8 Å². The monoisotopic (exact) mass is 414 g/mol. The number of benzene rings is 1. The number of aromatic nitrogens is 1. The first-order chi connectivity index (χ1) is 14.5. The lowest BCUT2D eigenvalue weighted by atomic mass is 9.94. The highest BCUT2D eigenvalue weighted by molar-refractivity contribution is 5.84. The summed E-state index contributed by atoms with van der Waals surface area (Å²) in [6, 6.07) is 11.2. The molecule has 0 spiro atoms. The van der Waals surface area contributed by atoms with E-state index in [4.69, 9.17) is 9.47 Å². The molecule has 160 valence electrons. The largest absolute Gasteiger partial charge is 0.493 e. The van der Waals surface area contributed by atoms with Crippen molar-refractivity contribution in [2.24, 2.45) is 5.92 Å². The van der Waals surface area contributed by atoms with Crippen molar-refractivity contribution in [1.82, 2.24) is 4.90 Å². The number of hydrogen-bond donors (Lipinski definition) is 2. The molecule has 1 atom stereocenters. The Bertz CT molecular complexity index is 902. The predicted octanol–water partition coefficient (Wildman–Crippen LogP) is 1.79. The Balaban J connectivity index is 1.55. The molecule has 3 rings (SSSR count). The standard InChI is InChI=1S/C22H27N3O5/c1-24-15-18-13-19(30-11-5-9-23-20-6-3-4-10-25(20)28)8-7-16(18)12-17(22(24)27)14-21(26)29-2/h3-4,6-8,10,13,17,28H,5,9,11-12,14-15H2,1-2H3/p+1. The third-order valence-electron chi connectivity index (χ3n) is 5.15. The van der Waals surface area contributed by atoms with E-state index in [1.165, 1.54) is 7.11 Å². The van der Waals surface area contributed by atoms with Gasteiger partial charge < -0.3 is 19.6 Å². The summed E-state index contributed by atoms with van der Waals surface area (Å²) >= 11 is 0. The molecule has 2 heterocycles. The molecule has 0 radical (unpaired) electrons. The zero-order valence-electron chi connectivity index (χ0n) is 17.3. The molecule has 2 N–H and O–H groups in total. The highest BCUT2D eigenvalue weighted by atomic mass is 16.5. The minimum Gasteiger partial charge on any atom is -0.493 e. The van der Waals surface area contributed by atoms with Crippen molar-refractivity contribution >= 4 is 17.7 Å². The number of nitrogens with zero attached hydrogens (tertiary/aromatic N) is 2. The molecule has 0 saturated carbocycles. The average Bonchev–Trinajstić information content (AvgIpc) is 2.85. The van der Waals surface area contributed by atoms with Crippen molar-refractivity contribution in [3.05, 3.63) is 53.7 Å². The molecule has 1 unspecified atom stereocenters. The molecule has 1 aliphatic rings. The number of rotatable bonds is 8. The predicted molar refractivity (Wildman–Crippen MR) is 109 cm³/mol. The number of esters is 1. The average molecular weight is 414 g/mol. The van der Waals surface area contributed by atoms with Crippen LogP contribution in [0.5, 0.6) is 5.75 Å². The maximum atomic E-state index is 12.6. The quantitative estimate of drug-likeness (QED) is 0.296. The van der Waals surface area contributed by atoms with Gasteiger partial charge in [-0.05, 0) is 35.7 Å².